The molecule has 0 saturated carbocycles. The van der Waals surface area contributed by atoms with Crippen molar-refractivity contribution in [1.82, 2.24) is 20.2 Å². The highest BCUT2D eigenvalue weighted by molar-refractivity contribution is 6.31. The molecule has 0 aliphatic rings. The van der Waals surface area contributed by atoms with Crippen molar-refractivity contribution >= 4 is 29.1 Å². The van der Waals surface area contributed by atoms with Crippen LogP contribution in [0.4, 0.5) is 23.2 Å². The summed E-state index contributed by atoms with van der Waals surface area (Å²) in [5, 5.41) is 5.97. The Bertz CT molecular complexity index is 1200. The first kappa shape index (κ1) is 23.2. The molecule has 13 heteroatoms. The number of hydrogen-bond donors (Lipinski definition) is 3. The third-order valence-corrected chi connectivity index (χ3v) is 4.59. The molecule has 4 N–H and O–H groups in total. The predicted molar refractivity (Wildman–Crippen MR) is 106 cm³/mol. The number of hydrazine groups is 1. The van der Waals surface area contributed by atoms with Crippen molar-refractivity contribution in [2.75, 3.05) is 5.32 Å². The normalized spacial score (nSPS) is 11.3. The van der Waals surface area contributed by atoms with E-state index in [4.69, 9.17) is 17.4 Å². The number of carbonyl (C=O) groups excluding carboxylic acids is 2. The number of nitrogens with zero attached hydrogens (tertiary/aromatic N) is 3. The van der Waals surface area contributed by atoms with Gasteiger partial charge in [-0.05, 0) is 30.7 Å². The summed E-state index contributed by atoms with van der Waals surface area (Å²) >= 11 is 5.95. The number of nitrogens with two attached hydrogens (primary N) is 1. The molecule has 8 nitrogen and oxygen atoms in total. The van der Waals surface area contributed by atoms with Gasteiger partial charge in [0, 0.05) is 22.8 Å². The maximum Gasteiger partial charge on any atom is 0.435 e. The van der Waals surface area contributed by atoms with Crippen molar-refractivity contribution in [3.8, 4) is 0 Å². The number of nitrogens with one attached hydrogen (secondary N) is 2. The Labute approximate surface area is 183 Å². The van der Waals surface area contributed by atoms with Crippen LogP contribution >= 0.6 is 11.6 Å². The molecule has 168 valence electrons. The van der Waals surface area contributed by atoms with Crippen molar-refractivity contribution < 1.29 is 27.2 Å². The average molecular weight is 471 g/mol. The van der Waals surface area contributed by atoms with Crippen LogP contribution in [0.1, 0.15) is 37.7 Å². The zero-order valence-electron chi connectivity index (χ0n) is 16.3. The van der Waals surface area contributed by atoms with Crippen LogP contribution in [0.2, 0.25) is 5.02 Å². The average Bonchev–Trinajstić information content (AvgIpc) is 3.15. The Morgan fingerprint density at radius 2 is 1.94 bits per heavy atom. The van der Waals surface area contributed by atoms with E-state index in [0.717, 1.165) is 0 Å². The Hall–Kier alpha value is -3.51. The van der Waals surface area contributed by atoms with Crippen LogP contribution in [0.3, 0.4) is 0 Å². The van der Waals surface area contributed by atoms with E-state index in [0.29, 0.717) is 16.3 Å². The molecule has 3 rings (SSSR count). The lowest BCUT2D eigenvalue weighted by atomic mass is 10.1. The van der Waals surface area contributed by atoms with Gasteiger partial charge in [0.15, 0.2) is 5.69 Å². The van der Waals surface area contributed by atoms with Gasteiger partial charge >= 0.3 is 6.18 Å². The second kappa shape index (κ2) is 8.93. The maximum absolute atomic E-state index is 13.9. The summed E-state index contributed by atoms with van der Waals surface area (Å²) in [7, 11) is 0. The van der Waals surface area contributed by atoms with Gasteiger partial charge < -0.3 is 5.32 Å². The first-order valence-electron chi connectivity index (χ1n) is 8.88. The lowest BCUT2D eigenvalue weighted by Gasteiger charge is -2.14. The molecular weight excluding hydrogens is 456 g/mol. The zero-order chi connectivity index (χ0) is 23.6. The Balaban J connectivity index is 2.04. The summed E-state index contributed by atoms with van der Waals surface area (Å²) in [5.74, 6) is 2.43. The van der Waals surface area contributed by atoms with Gasteiger partial charge in [0.05, 0.1) is 17.8 Å². The van der Waals surface area contributed by atoms with Gasteiger partial charge in [-0.3, -0.25) is 19.7 Å². The van der Waals surface area contributed by atoms with Crippen molar-refractivity contribution in [3.63, 3.8) is 0 Å². The molecule has 0 saturated heterocycles. The molecule has 0 unspecified atom stereocenters. The second-order valence-electron chi connectivity index (χ2n) is 6.60. The molecule has 3 aromatic rings. The van der Waals surface area contributed by atoms with E-state index in [1.165, 1.54) is 37.4 Å². The van der Waals surface area contributed by atoms with Crippen LogP contribution in [0.25, 0.3) is 0 Å². The fourth-order valence-electron chi connectivity index (χ4n) is 2.90. The van der Waals surface area contributed by atoms with E-state index in [9.17, 15) is 27.2 Å². The molecular formula is C19H15ClF4N6O2. The molecule has 1 aromatic carbocycles. The first-order chi connectivity index (χ1) is 15.0. The highest BCUT2D eigenvalue weighted by Gasteiger charge is 2.36. The fraction of sp³-hybridized carbons (Fsp3) is 0.158. The lowest BCUT2D eigenvalue weighted by Crippen LogP contribution is -2.31. The minimum Gasteiger partial charge on any atom is -0.320 e. The minimum atomic E-state index is -4.85. The van der Waals surface area contributed by atoms with Gasteiger partial charge in [0.2, 0.25) is 5.95 Å². The van der Waals surface area contributed by atoms with Crippen LogP contribution in [-0.4, -0.2) is 26.6 Å². The van der Waals surface area contributed by atoms with Gasteiger partial charge in [-0.1, -0.05) is 17.7 Å². The molecule has 2 heterocycles. The van der Waals surface area contributed by atoms with Gasteiger partial charge in [-0.15, -0.1) is 0 Å². The largest absolute Gasteiger partial charge is 0.435 e. The zero-order valence-corrected chi connectivity index (χ0v) is 17.1. The number of carbonyl (C=O) groups is 2. The van der Waals surface area contributed by atoms with Crippen LogP contribution < -0.4 is 16.6 Å². The van der Waals surface area contributed by atoms with Crippen LogP contribution in [0.5, 0.6) is 0 Å². The molecule has 0 aliphatic heterocycles. The monoisotopic (exact) mass is 470 g/mol. The third-order valence-electron chi connectivity index (χ3n) is 4.37. The van der Waals surface area contributed by atoms with Crippen molar-refractivity contribution in [3.05, 3.63) is 75.6 Å². The summed E-state index contributed by atoms with van der Waals surface area (Å²) < 4.78 is 54.3. The predicted octanol–water partition coefficient (Wildman–Crippen LogP) is 3.30. The molecule has 0 atom stereocenters. The van der Waals surface area contributed by atoms with E-state index in [-0.39, 0.29) is 21.8 Å². The highest BCUT2D eigenvalue weighted by atomic mass is 35.5. The van der Waals surface area contributed by atoms with Crippen LogP contribution in [0.15, 0.2) is 36.5 Å². The van der Waals surface area contributed by atoms with E-state index in [1.54, 1.807) is 0 Å². The smallest absolute Gasteiger partial charge is 0.320 e. The van der Waals surface area contributed by atoms with E-state index in [1.807, 2.05) is 5.43 Å². The van der Waals surface area contributed by atoms with Crippen molar-refractivity contribution in [2.45, 2.75) is 19.6 Å². The summed E-state index contributed by atoms with van der Waals surface area (Å²) in [6, 6.07) is 5.88. The number of pyridine rings is 1. The first-order valence-corrected chi connectivity index (χ1v) is 9.26. The van der Waals surface area contributed by atoms with E-state index in [2.05, 4.69) is 15.4 Å². The lowest BCUT2D eigenvalue weighted by molar-refractivity contribution is -0.141. The number of halogens is 5. The number of amides is 2. The van der Waals surface area contributed by atoms with Gasteiger partial charge in [0.25, 0.3) is 11.8 Å². The Morgan fingerprint density at radius 1 is 1.22 bits per heavy atom. The van der Waals surface area contributed by atoms with Crippen LogP contribution in [0, 0.1) is 12.9 Å². The number of aryl methyl sites for hydroxylation is 1. The van der Waals surface area contributed by atoms with Crippen molar-refractivity contribution in [1.29, 1.82) is 0 Å². The van der Waals surface area contributed by atoms with Gasteiger partial charge in [-0.2, -0.15) is 22.7 Å². The topological polar surface area (TPSA) is 115 Å². The Morgan fingerprint density at radius 3 is 2.56 bits per heavy atom. The quantitative estimate of drug-likeness (QED) is 0.174. The summed E-state index contributed by atoms with van der Waals surface area (Å²) in [5.41, 5.74) is 0.182. The number of rotatable bonds is 5. The standard InChI is InChI=1S/C19H15ClF4N6O2/c1-9-5-11(20)6-12(17(31)28-25)15(9)27-18(32)13-7-14(19(22,23)24)29-30(13)8-10-3-2-4-26-16(10)21/h2-7H,8,25H2,1H3,(H,27,32)(H,28,31). The summed E-state index contributed by atoms with van der Waals surface area (Å²) in [6.45, 7) is 1.03. The summed E-state index contributed by atoms with van der Waals surface area (Å²) in [6.07, 6.45) is -3.68. The number of benzene rings is 1. The molecule has 2 amide bonds. The number of nitrogen functional groups attached to an aromatic ring is 1. The molecule has 0 aliphatic carbocycles. The molecule has 0 radical (unpaired) electrons. The number of anilines is 1. The maximum atomic E-state index is 13.9. The molecule has 0 bridgehead atoms. The molecule has 2 aromatic heterocycles. The highest BCUT2D eigenvalue weighted by Crippen LogP contribution is 2.30. The third kappa shape index (κ3) is 4.86. The number of aromatic nitrogens is 3. The molecule has 0 spiro atoms. The minimum absolute atomic E-state index is 0.0174. The Kier molecular flexibility index (Phi) is 6.46. The second-order valence-corrected chi connectivity index (χ2v) is 7.03. The van der Waals surface area contributed by atoms with Gasteiger partial charge in [0.1, 0.15) is 5.69 Å². The molecule has 0 fully saturated rings. The van der Waals surface area contributed by atoms with Crippen LogP contribution in [-0.2, 0) is 12.7 Å². The molecule has 32 heavy (non-hydrogen) atoms. The fourth-order valence-corrected chi connectivity index (χ4v) is 3.17. The van der Waals surface area contributed by atoms with Gasteiger partial charge in [-0.25, -0.2) is 10.8 Å². The number of alkyl halides is 3. The summed E-state index contributed by atoms with van der Waals surface area (Å²) in [4.78, 5) is 28.4. The van der Waals surface area contributed by atoms with Crippen molar-refractivity contribution in [2.24, 2.45) is 5.84 Å². The number of hydrogen-bond acceptors (Lipinski definition) is 5. The van der Waals surface area contributed by atoms with E-state index < -0.39 is 41.9 Å². The van der Waals surface area contributed by atoms with E-state index >= 15 is 0 Å². The SMILES string of the molecule is Cc1cc(Cl)cc(C(=O)NN)c1NC(=O)c1cc(C(F)(F)F)nn1Cc1cccnc1F.